The summed E-state index contributed by atoms with van der Waals surface area (Å²) >= 11 is 0. The molecule has 0 bridgehead atoms. The molecular formula is C20H35N5. The third-order valence-corrected chi connectivity index (χ3v) is 4.93. The van der Waals surface area contributed by atoms with Crippen LogP contribution < -0.4 is 10.6 Å². The molecule has 2 N–H and O–H groups in total. The normalized spacial score (nSPS) is 18.2. The average Bonchev–Trinajstić information content (AvgIpc) is 2.65. The number of hydrogen-bond donors (Lipinski definition) is 2. The van der Waals surface area contributed by atoms with E-state index in [9.17, 15) is 0 Å². The van der Waals surface area contributed by atoms with Gasteiger partial charge in [-0.05, 0) is 32.9 Å². The SMILES string of the molecule is CCNC(=NCc1ccc(C)cc1)NCC(C)N1CCN(CC)CC1. The molecule has 5 heteroatoms. The average molecular weight is 346 g/mol. The van der Waals surface area contributed by atoms with Crippen molar-refractivity contribution in [3.63, 3.8) is 0 Å². The molecule has 1 fully saturated rings. The lowest BCUT2D eigenvalue weighted by Crippen LogP contribution is -2.53. The van der Waals surface area contributed by atoms with Crippen molar-refractivity contribution in [2.24, 2.45) is 4.99 Å². The number of hydrogen-bond acceptors (Lipinski definition) is 3. The summed E-state index contributed by atoms with van der Waals surface area (Å²) in [4.78, 5) is 9.81. The Hall–Kier alpha value is -1.59. The van der Waals surface area contributed by atoms with Gasteiger partial charge in [0, 0.05) is 45.3 Å². The van der Waals surface area contributed by atoms with Crippen LogP contribution in [-0.4, -0.2) is 67.6 Å². The van der Waals surface area contributed by atoms with Crippen LogP contribution in [0.2, 0.25) is 0 Å². The molecule has 1 aromatic carbocycles. The third-order valence-electron chi connectivity index (χ3n) is 4.93. The quantitative estimate of drug-likeness (QED) is 0.586. The van der Waals surface area contributed by atoms with Gasteiger partial charge >= 0.3 is 0 Å². The number of likely N-dealkylation sites (N-methyl/N-ethyl adjacent to an activating group) is 1. The standard InChI is InChI=1S/C20H35N5/c1-5-21-20(23-16-19-9-7-17(3)8-10-19)22-15-18(4)25-13-11-24(6-2)12-14-25/h7-10,18H,5-6,11-16H2,1-4H3,(H2,21,22,23). The molecule has 140 valence electrons. The molecule has 1 aliphatic heterocycles. The number of aliphatic imine (C=N–C) groups is 1. The number of nitrogens with zero attached hydrogens (tertiary/aromatic N) is 3. The van der Waals surface area contributed by atoms with E-state index in [4.69, 9.17) is 4.99 Å². The number of guanidine groups is 1. The second-order valence-electron chi connectivity index (χ2n) is 6.88. The summed E-state index contributed by atoms with van der Waals surface area (Å²) in [6.07, 6.45) is 0. The van der Waals surface area contributed by atoms with E-state index in [2.05, 4.69) is 72.4 Å². The first-order valence-corrected chi connectivity index (χ1v) is 9.66. The maximum absolute atomic E-state index is 4.72. The fourth-order valence-electron chi connectivity index (χ4n) is 3.10. The molecule has 2 rings (SSSR count). The van der Waals surface area contributed by atoms with Crippen molar-refractivity contribution in [1.29, 1.82) is 0 Å². The second kappa shape index (κ2) is 10.4. The van der Waals surface area contributed by atoms with Gasteiger partial charge in [0.05, 0.1) is 6.54 Å². The molecule has 0 aliphatic carbocycles. The van der Waals surface area contributed by atoms with Gasteiger partial charge in [0.25, 0.3) is 0 Å². The van der Waals surface area contributed by atoms with Gasteiger partial charge < -0.3 is 15.5 Å². The van der Waals surface area contributed by atoms with E-state index in [1.807, 2.05) is 0 Å². The highest BCUT2D eigenvalue weighted by Gasteiger charge is 2.20. The van der Waals surface area contributed by atoms with Gasteiger partial charge in [-0.3, -0.25) is 4.90 Å². The Bertz CT molecular complexity index is 517. The summed E-state index contributed by atoms with van der Waals surface area (Å²) < 4.78 is 0. The maximum Gasteiger partial charge on any atom is 0.191 e. The van der Waals surface area contributed by atoms with Crippen LogP contribution in [0.4, 0.5) is 0 Å². The molecule has 1 atom stereocenters. The molecular weight excluding hydrogens is 310 g/mol. The number of aryl methyl sites for hydroxylation is 1. The summed E-state index contributed by atoms with van der Waals surface area (Å²) in [5.74, 6) is 0.905. The minimum absolute atomic E-state index is 0.516. The molecule has 1 aliphatic rings. The zero-order valence-electron chi connectivity index (χ0n) is 16.4. The summed E-state index contributed by atoms with van der Waals surface area (Å²) in [6, 6.07) is 9.10. The Balaban J connectivity index is 1.81. The van der Waals surface area contributed by atoms with Crippen molar-refractivity contribution in [3.05, 3.63) is 35.4 Å². The van der Waals surface area contributed by atoms with Crippen LogP contribution >= 0.6 is 0 Å². The van der Waals surface area contributed by atoms with Crippen LogP contribution in [0.5, 0.6) is 0 Å². The molecule has 1 heterocycles. The molecule has 0 radical (unpaired) electrons. The fraction of sp³-hybridized carbons (Fsp3) is 0.650. The van der Waals surface area contributed by atoms with Gasteiger partial charge in [-0.1, -0.05) is 36.8 Å². The van der Waals surface area contributed by atoms with E-state index in [-0.39, 0.29) is 0 Å². The molecule has 0 spiro atoms. The zero-order chi connectivity index (χ0) is 18.1. The first-order chi connectivity index (χ1) is 12.1. The monoisotopic (exact) mass is 345 g/mol. The summed E-state index contributed by atoms with van der Waals surface area (Å²) in [5, 5.41) is 6.86. The van der Waals surface area contributed by atoms with E-state index in [1.165, 1.54) is 24.2 Å². The van der Waals surface area contributed by atoms with E-state index in [0.717, 1.165) is 38.7 Å². The summed E-state index contributed by atoms with van der Waals surface area (Å²) in [7, 11) is 0. The topological polar surface area (TPSA) is 42.9 Å². The van der Waals surface area contributed by atoms with Gasteiger partial charge in [-0.15, -0.1) is 0 Å². The summed E-state index contributed by atoms with van der Waals surface area (Å²) in [6.45, 7) is 17.1. The van der Waals surface area contributed by atoms with Crippen molar-refractivity contribution >= 4 is 5.96 Å². The van der Waals surface area contributed by atoms with E-state index < -0.39 is 0 Å². The van der Waals surface area contributed by atoms with Gasteiger partial charge in [0.15, 0.2) is 5.96 Å². The highest BCUT2D eigenvalue weighted by atomic mass is 15.3. The maximum atomic E-state index is 4.72. The van der Waals surface area contributed by atoms with Crippen molar-refractivity contribution in [3.8, 4) is 0 Å². The van der Waals surface area contributed by atoms with E-state index in [0.29, 0.717) is 12.6 Å². The Morgan fingerprint density at radius 3 is 2.36 bits per heavy atom. The van der Waals surface area contributed by atoms with Crippen molar-refractivity contribution in [2.45, 2.75) is 40.3 Å². The van der Waals surface area contributed by atoms with Crippen LogP contribution in [0.25, 0.3) is 0 Å². The van der Waals surface area contributed by atoms with Gasteiger partial charge in [-0.25, -0.2) is 4.99 Å². The molecule has 1 unspecified atom stereocenters. The summed E-state index contributed by atoms with van der Waals surface area (Å²) in [5.41, 5.74) is 2.53. The van der Waals surface area contributed by atoms with E-state index in [1.54, 1.807) is 0 Å². The predicted octanol–water partition coefficient (Wildman–Crippen LogP) is 2.08. The Labute approximate surface area is 153 Å². The lowest BCUT2D eigenvalue weighted by molar-refractivity contribution is 0.107. The molecule has 5 nitrogen and oxygen atoms in total. The molecule has 1 saturated heterocycles. The lowest BCUT2D eigenvalue weighted by atomic mass is 10.1. The molecule has 0 saturated carbocycles. The smallest absolute Gasteiger partial charge is 0.191 e. The molecule has 0 amide bonds. The number of rotatable bonds is 7. The van der Waals surface area contributed by atoms with Gasteiger partial charge in [0.2, 0.25) is 0 Å². The van der Waals surface area contributed by atoms with Crippen molar-refractivity contribution in [1.82, 2.24) is 20.4 Å². The number of piperazine rings is 1. The minimum Gasteiger partial charge on any atom is -0.357 e. The zero-order valence-corrected chi connectivity index (χ0v) is 16.4. The van der Waals surface area contributed by atoms with Gasteiger partial charge in [-0.2, -0.15) is 0 Å². The number of benzene rings is 1. The fourth-order valence-corrected chi connectivity index (χ4v) is 3.10. The van der Waals surface area contributed by atoms with Crippen LogP contribution in [0.1, 0.15) is 31.9 Å². The first kappa shape index (κ1) is 19.7. The highest BCUT2D eigenvalue weighted by Crippen LogP contribution is 2.06. The van der Waals surface area contributed by atoms with Crippen LogP contribution in [-0.2, 0) is 6.54 Å². The van der Waals surface area contributed by atoms with Gasteiger partial charge in [0.1, 0.15) is 0 Å². The molecule has 1 aromatic rings. The number of nitrogens with one attached hydrogen (secondary N) is 2. The largest absolute Gasteiger partial charge is 0.357 e. The predicted molar refractivity (Wildman–Crippen MR) is 107 cm³/mol. The van der Waals surface area contributed by atoms with Crippen LogP contribution in [0.3, 0.4) is 0 Å². The van der Waals surface area contributed by atoms with Crippen molar-refractivity contribution in [2.75, 3.05) is 45.8 Å². The Kier molecular flexibility index (Phi) is 8.22. The molecule has 0 aromatic heterocycles. The first-order valence-electron chi connectivity index (χ1n) is 9.66. The van der Waals surface area contributed by atoms with Crippen LogP contribution in [0.15, 0.2) is 29.3 Å². The molecule has 25 heavy (non-hydrogen) atoms. The third kappa shape index (κ3) is 6.67. The second-order valence-corrected chi connectivity index (χ2v) is 6.88. The van der Waals surface area contributed by atoms with Crippen LogP contribution in [0, 0.1) is 6.92 Å². The lowest BCUT2D eigenvalue weighted by Gasteiger charge is -2.37. The minimum atomic E-state index is 0.516. The van der Waals surface area contributed by atoms with Crippen molar-refractivity contribution < 1.29 is 0 Å². The highest BCUT2D eigenvalue weighted by molar-refractivity contribution is 5.79. The Morgan fingerprint density at radius 1 is 1.08 bits per heavy atom. The Morgan fingerprint density at radius 2 is 1.76 bits per heavy atom. The van der Waals surface area contributed by atoms with E-state index >= 15 is 0 Å².